The summed E-state index contributed by atoms with van der Waals surface area (Å²) in [4.78, 5) is 0. The molecule has 0 unspecified atom stereocenters. The molecule has 2 rings (SSSR count). The molecule has 1 aliphatic rings. The normalized spacial score (nSPS) is 17.3. The third-order valence-electron chi connectivity index (χ3n) is 3.78. The van der Waals surface area contributed by atoms with Gasteiger partial charge in [0.1, 0.15) is 0 Å². The van der Waals surface area contributed by atoms with Gasteiger partial charge in [-0.05, 0) is 55.5 Å². The minimum absolute atomic E-state index is 0.832. The molecular formula is C15H22ClN. The lowest BCUT2D eigenvalue weighted by Gasteiger charge is -2.22. The highest BCUT2D eigenvalue weighted by atomic mass is 35.5. The van der Waals surface area contributed by atoms with Crippen molar-refractivity contribution < 1.29 is 0 Å². The standard InChI is InChI=1S/C15H22ClN/c1-12-9-15(16)8-7-14(12)11-17-10-13-5-3-2-4-6-13/h7-9,13,17H,2-6,10-11H2,1H3. The molecule has 1 aliphatic carbocycles. The van der Waals surface area contributed by atoms with Crippen LogP contribution in [0.5, 0.6) is 0 Å². The highest BCUT2D eigenvalue weighted by Crippen LogP contribution is 2.23. The Labute approximate surface area is 110 Å². The van der Waals surface area contributed by atoms with Crippen LogP contribution in [0.1, 0.15) is 43.2 Å². The van der Waals surface area contributed by atoms with Gasteiger partial charge in [0, 0.05) is 11.6 Å². The largest absolute Gasteiger partial charge is 0.312 e. The number of aryl methyl sites for hydroxylation is 1. The second-order valence-corrected chi connectivity index (χ2v) is 5.64. The van der Waals surface area contributed by atoms with Crippen LogP contribution in [0.4, 0.5) is 0 Å². The van der Waals surface area contributed by atoms with Crippen molar-refractivity contribution in [1.82, 2.24) is 5.32 Å². The Morgan fingerprint density at radius 3 is 2.71 bits per heavy atom. The number of halogens is 1. The summed E-state index contributed by atoms with van der Waals surface area (Å²) < 4.78 is 0. The van der Waals surface area contributed by atoms with E-state index in [4.69, 9.17) is 11.6 Å². The molecule has 1 aromatic rings. The minimum Gasteiger partial charge on any atom is -0.312 e. The summed E-state index contributed by atoms with van der Waals surface area (Å²) in [6.45, 7) is 4.27. The fraction of sp³-hybridized carbons (Fsp3) is 0.600. The van der Waals surface area contributed by atoms with E-state index in [-0.39, 0.29) is 0 Å². The van der Waals surface area contributed by atoms with Crippen molar-refractivity contribution in [3.8, 4) is 0 Å². The second-order valence-electron chi connectivity index (χ2n) is 5.21. The zero-order valence-electron chi connectivity index (χ0n) is 10.6. The van der Waals surface area contributed by atoms with Crippen molar-refractivity contribution in [3.63, 3.8) is 0 Å². The van der Waals surface area contributed by atoms with Gasteiger partial charge in [0.15, 0.2) is 0 Å². The SMILES string of the molecule is Cc1cc(Cl)ccc1CNCC1CCCCC1. The first-order valence-electron chi connectivity index (χ1n) is 6.71. The molecular weight excluding hydrogens is 230 g/mol. The quantitative estimate of drug-likeness (QED) is 0.841. The third kappa shape index (κ3) is 4.01. The predicted molar refractivity (Wildman–Crippen MR) is 74.5 cm³/mol. The van der Waals surface area contributed by atoms with E-state index in [0.717, 1.165) is 17.5 Å². The van der Waals surface area contributed by atoms with E-state index in [1.807, 2.05) is 12.1 Å². The first kappa shape index (κ1) is 12.9. The number of rotatable bonds is 4. The molecule has 1 nitrogen and oxygen atoms in total. The van der Waals surface area contributed by atoms with Crippen LogP contribution >= 0.6 is 11.6 Å². The van der Waals surface area contributed by atoms with Gasteiger partial charge in [0.25, 0.3) is 0 Å². The number of hydrogen-bond donors (Lipinski definition) is 1. The molecule has 94 valence electrons. The average molecular weight is 252 g/mol. The second kappa shape index (κ2) is 6.42. The first-order valence-corrected chi connectivity index (χ1v) is 7.09. The summed E-state index contributed by atoms with van der Waals surface area (Å²) in [6, 6.07) is 6.15. The van der Waals surface area contributed by atoms with Crippen LogP contribution in [0.3, 0.4) is 0 Å². The Morgan fingerprint density at radius 1 is 1.24 bits per heavy atom. The molecule has 0 aliphatic heterocycles. The van der Waals surface area contributed by atoms with Crippen LogP contribution in [0.25, 0.3) is 0 Å². The van der Waals surface area contributed by atoms with Gasteiger partial charge in [0.05, 0.1) is 0 Å². The molecule has 0 spiro atoms. The van der Waals surface area contributed by atoms with Crippen molar-refractivity contribution in [3.05, 3.63) is 34.3 Å². The third-order valence-corrected chi connectivity index (χ3v) is 4.01. The zero-order chi connectivity index (χ0) is 12.1. The van der Waals surface area contributed by atoms with Gasteiger partial charge in [0.2, 0.25) is 0 Å². The first-order chi connectivity index (χ1) is 8.25. The Balaban J connectivity index is 1.77. The molecule has 17 heavy (non-hydrogen) atoms. The number of hydrogen-bond acceptors (Lipinski definition) is 1. The highest BCUT2D eigenvalue weighted by molar-refractivity contribution is 6.30. The van der Waals surface area contributed by atoms with Crippen molar-refractivity contribution in [1.29, 1.82) is 0 Å². The lowest BCUT2D eigenvalue weighted by molar-refractivity contribution is 0.342. The topological polar surface area (TPSA) is 12.0 Å². The van der Waals surface area contributed by atoms with Crippen LogP contribution in [-0.4, -0.2) is 6.54 Å². The maximum Gasteiger partial charge on any atom is 0.0408 e. The highest BCUT2D eigenvalue weighted by Gasteiger charge is 2.12. The molecule has 0 radical (unpaired) electrons. The monoisotopic (exact) mass is 251 g/mol. The number of benzene rings is 1. The summed E-state index contributed by atoms with van der Waals surface area (Å²) in [5, 5.41) is 4.42. The molecule has 0 heterocycles. The van der Waals surface area contributed by atoms with Gasteiger partial charge >= 0.3 is 0 Å². The zero-order valence-corrected chi connectivity index (χ0v) is 11.4. The molecule has 0 bridgehead atoms. The van der Waals surface area contributed by atoms with Crippen molar-refractivity contribution in [2.75, 3.05) is 6.54 Å². The van der Waals surface area contributed by atoms with Crippen molar-refractivity contribution in [2.24, 2.45) is 5.92 Å². The van der Waals surface area contributed by atoms with E-state index >= 15 is 0 Å². The van der Waals surface area contributed by atoms with Crippen LogP contribution in [0.2, 0.25) is 5.02 Å². The summed E-state index contributed by atoms with van der Waals surface area (Å²) in [7, 11) is 0. The lowest BCUT2D eigenvalue weighted by atomic mass is 9.89. The smallest absolute Gasteiger partial charge is 0.0408 e. The Morgan fingerprint density at radius 2 is 2.00 bits per heavy atom. The minimum atomic E-state index is 0.832. The van der Waals surface area contributed by atoms with Crippen LogP contribution in [0, 0.1) is 12.8 Å². The Hall–Kier alpha value is -0.530. The van der Waals surface area contributed by atoms with Crippen molar-refractivity contribution in [2.45, 2.75) is 45.6 Å². The summed E-state index contributed by atoms with van der Waals surface area (Å²) in [5.41, 5.74) is 2.65. The fourth-order valence-electron chi connectivity index (χ4n) is 2.66. The molecule has 1 aromatic carbocycles. The molecule has 1 N–H and O–H groups in total. The number of nitrogens with one attached hydrogen (secondary N) is 1. The average Bonchev–Trinajstić information content (AvgIpc) is 2.33. The molecule has 0 amide bonds. The van der Waals surface area contributed by atoms with Crippen LogP contribution < -0.4 is 5.32 Å². The van der Waals surface area contributed by atoms with Gasteiger partial charge in [-0.1, -0.05) is 36.9 Å². The van der Waals surface area contributed by atoms with Gasteiger partial charge < -0.3 is 5.32 Å². The summed E-state index contributed by atoms with van der Waals surface area (Å²) >= 11 is 5.95. The predicted octanol–water partition coefficient (Wildman–Crippen LogP) is 4.32. The Kier molecular flexibility index (Phi) is 4.87. The van der Waals surface area contributed by atoms with Gasteiger partial charge in [-0.2, -0.15) is 0 Å². The maximum atomic E-state index is 5.95. The summed E-state index contributed by atoms with van der Waals surface area (Å²) in [6.07, 6.45) is 7.10. The van der Waals surface area contributed by atoms with E-state index < -0.39 is 0 Å². The molecule has 0 atom stereocenters. The molecule has 0 aromatic heterocycles. The lowest BCUT2D eigenvalue weighted by Crippen LogP contribution is -2.24. The Bertz CT molecular complexity index is 356. The van der Waals surface area contributed by atoms with Gasteiger partial charge in [-0.25, -0.2) is 0 Å². The van der Waals surface area contributed by atoms with Crippen LogP contribution in [-0.2, 0) is 6.54 Å². The van der Waals surface area contributed by atoms with E-state index in [9.17, 15) is 0 Å². The molecule has 2 heteroatoms. The van der Waals surface area contributed by atoms with Gasteiger partial charge in [-0.3, -0.25) is 0 Å². The van der Waals surface area contributed by atoms with E-state index in [2.05, 4.69) is 18.3 Å². The van der Waals surface area contributed by atoms with Gasteiger partial charge in [-0.15, -0.1) is 0 Å². The van der Waals surface area contributed by atoms with Crippen LogP contribution in [0.15, 0.2) is 18.2 Å². The fourth-order valence-corrected chi connectivity index (χ4v) is 2.89. The summed E-state index contributed by atoms with van der Waals surface area (Å²) in [5.74, 6) is 0.899. The van der Waals surface area contributed by atoms with Crippen molar-refractivity contribution >= 4 is 11.6 Å². The van der Waals surface area contributed by atoms with E-state index in [0.29, 0.717) is 0 Å². The molecule has 1 saturated carbocycles. The molecule has 1 fully saturated rings. The van der Waals surface area contributed by atoms with E-state index in [1.165, 1.54) is 49.8 Å². The maximum absolute atomic E-state index is 5.95. The molecule has 0 saturated heterocycles. The van der Waals surface area contributed by atoms with E-state index in [1.54, 1.807) is 0 Å².